The minimum atomic E-state index is 0.316. The Balaban J connectivity index is 1.79. The molecule has 3 heteroatoms. The van der Waals surface area contributed by atoms with E-state index >= 15 is 0 Å². The summed E-state index contributed by atoms with van der Waals surface area (Å²) in [6, 6.07) is 12.5. The standard InChI is InChI=1S/C22H24N2S/c1-22(2,3)17-11-12-18-19(15-23)21(25-20(18)14-17)24-13-7-10-16-8-5-4-6-9-16/h4-10,13,17H,11-12,14H2,1-3H3/b10-7+,24-13?/t17-/m1/s1. The Morgan fingerprint density at radius 3 is 2.68 bits per heavy atom. The van der Waals surface area contributed by atoms with E-state index in [1.54, 1.807) is 17.6 Å². The average Bonchev–Trinajstić information content (AvgIpc) is 2.95. The molecule has 0 saturated carbocycles. The van der Waals surface area contributed by atoms with E-state index < -0.39 is 0 Å². The summed E-state index contributed by atoms with van der Waals surface area (Å²) in [5, 5.41) is 10.4. The van der Waals surface area contributed by atoms with Gasteiger partial charge in [-0.2, -0.15) is 5.26 Å². The second kappa shape index (κ2) is 7.37. The Morgan fingerprint density at radius 1 is 1.24 bits per heavy atom. The van der Waals surface area contributed by atoms with Crippen molar-refractivity contribution < 1.29 is 0 Å². The summed E-state index contributed by atoms with van der Waals surface area (Å²) < 4.78 is 0. The topological polar surface area (TPSA) is 36.1 Å². The zero-order valence-corrected chi connectivity index (χ0v) is 15.9. The molecule has 0 radical (unpaired) electrons. The number of benzene rings is 1. The number of hydrogen-bond donors (Lipinski definition) is 0. The van der Waals surface area contributed by atoms with Crippen LogP contribution in [0.15, 0.2) is 41.4 Å². The Kier molecular flexibility index (Phi) is 5.20. The van der Waals surface area contributed by atoms with Crippen molar-refractivity contribution >= 4 is 28.6 Å². The third-order valence-electron chi connectivity index (χ3n) is 4.95. The van der Waals surface area contributed by atoms with Crippen molar-refractivity contribution in [3.05, 3.63) is 58.0 Å². The smallest absolute Gasteiger partial charge is 0.134 e. The van der Waals surface area contributed by atoms with Crippen LogP contribution in [0.25, 0.3) is 6.08 Å². The highest BCUT2D eigenvalue weighted by Gasteiger charge is 2.31. The zero-order chi connectivity index (χ0) is 17.9. The molecule has 3 rings (SSSR count). The van der Waals surface area contributed by atoms with Crippen LogP contribution >= 0.6 is 11.3 Å². The largest absolute Gasteiger partial charge is 0.245 e. The van der Waals surface area contributed by atoms with Crippen LogP contribution in [-0.4, -0.2) is 6.21 Å². The normalized spacial score (nSPS) is 17.8. The van der Waals surface area contributed by atoms with Crippen LogP contribution < -0.4 is 0 Å². The molecule has 128 valence electrons. The van der Waals surface area contributed by atoms with Gasteiger partial charge in [0.25, 0.3) is 0 Å². The fraction of sp³-hybridized carbons (Fsp3) is 0.364. The molecule has 2 nitrogen and oxygen atoms in total. The van der Waals surface area contributed by atoms with Crippen LogP contribution in [0.5, 0.6) is 0 Å². The molecule has 1 aromatic heterocycles. The first-order valence-corrected chi connectivity index (χ1v) is 9.61. The molecule has 1 aliphatic carbocycles. The number of thiophene rings is 1. The second-order valence-corrected chi connectivity index (χ2v) is 8.73. The fourth-order valence-electron chi connectivity index (χ4n) is 3.35. The second-order valence-electron chi connectivity index (χ2n) is 7.65. The fourth-order valence-corrected chi connectivity index (χ4v) is 4.58. The van der Waals surface area contributed by atoms with Gasteiger partial charge in [-0.05, 0) is 47.8 Å². The molecule has 25 heavy (non-hydrogen) atoms. The van der Waals surface area contributed by atoms with Crippen LogP contribution in [0, 0.1) is 22.7 Å². The van der Waals surface area contributed by atoms with Gasteiger partial charge < -0.3 is 0 Å². The van der Waals surface area contributed by atoms with Gasteiger partial charge in [0.1, 0.15) is 11.1 Å². The summed E-state index contributed by atoms with van der Waals surface area (Å²) in [7, 11) is 0. The summed E-state index contributed by atoms with van der Waals surface area (Å²) in [5.74, 6) is 0.681. The van der Waals surface area contributed by atoms with Gasteiger partial charge in [-0.25, -0.2) is 4.99 Å². The number of rotatable bonds is 3. The summed E-state index contributed by atoms with van der Waals surface area (Å²) in [5.41, 5.74) is 3.49. The maximum atomic E-state index is 9.59. The Labute approximate surface area is 154 Å². The Bertz CT molecular complexity index is 829. The van der Waals surface area contributed by atoms with E-state index in [0.29, 0.717) is 11.3 Å². The molecule has 0 N–H and O–H groups in total. The quantitative estimate of drug-likeness (QED) is 0.609. The van der Waals surface area contributed by atoms with Gasteiger partial charge in [-0.3, -0.25) is 0 Å². The Hall–Kier alpha value is -2.18. The molecule has 1 aromatic carbocycles. The minimum absolute atomic E-state index is 0.316. The summed E-state index contributed by atoms with van der Waals surface area (Å²) in [4.78, 5) is 5.93. The van der Waals surface area contributed by atoms with Crippen molar-refractivity contribution in [2.45, 2.75) is 40.0 Å². The van der Waals surface area contributed by atoms with Crippen molar-refractivity contribution in [1.82, 2.24) is 0 Å². The van der Waals surface area contributed by atoms with E-state index in [2.05, 4.69) is 44.0 Å². The van der Waals surface area contributed by atoms with Crippen LogP contribution in [0.1, 0.15) is 48.8 Å². The number of nitriles is 1. The third kappa shape index (κ3) is 4.08. The molecule has 1 atom stereocenters. The maximum Gasteiger partial charge on any atom is 0.134 e. The Morgan fingerprint density at radius 2 is 2.00 bits per heavy atom. The average molecular weight is 349 g/mol. The van der Waals surface area contributed by atoms with E-state index in [1.165, 1.54) is 16.9 Å². The molecule has 1 aliphatic rings. The predicted molar refractivity (Wildman–Crippen MR) is 108 cm³/mol. The van der Waals surface area contributed by atoms with E-state index in [0.717, 1.165) is 29.0 Å². The van der Waals surface area contributed by atoms with Gasteiger partial charge in [0.15, 0.2) is 0 Å². The van der Waals surface area contributed by atoms with E-state index in [-0.39, 0.29) is 0 Å². The monoisotopic (exact) mass is 348 g/mol. The van der Waals surface area contributed by atoms with Crippen molar-refractivity contribution in [1.29, 1.82) is 5.26 Å². The summed E-state index contributed by atoms with van der Waals surface area (Å²) in [6.07, 6.45) is 9.01. The van der Waals surface area contributed by atoms with Gasteiger partial charge in [-0.15, -0.1) is 11.3 Å². The predicted octanol–water partition coefficient (Wildman–Crippen LogP) is 6.19. The van der Waals surface area contributed by atoms with Crippen molar-refractivity contribution in [2.24, 2.45) is 16.3 Å². The van der Waals surface area contributed by atoms with Crippen molar-refractivity contribution in [3.63, 3.8) is 0 Å². The number of allylic oxidation sites excluding steroid dienone is 1. The number of nitrogens with zero attached hydrogens (tertiary/aromatic N) is 2. The van der Waals surface area contributed by atoms with Crippen LogP contribution in [0.3, 0.4) is 0 Å². The highest BCUT2D eigenvalue weighted by Crippen LogP contribution is 2.44. The SMILES string of the molecule is CC(C)(C)[C@@H]1CCc2c(sc(N=C/C=C/c3ccccc3)c2C#N)C1. The van der Waals surface area contributed by atoms with E-state index in [4.69, 9.17) is 0 Å². The van der Waals surface area contributed by atoms with Gasteiger partial charge in [-0.1, -0.05) is 57.2 Å². The first-order valence-electron chi connectivity index (χ1n) is 8.79. The number of hydrogen-bond acceptors (Lipinski definition) is 3. The van der Waals surface area contributed by atoms with Crippen molar-refractivity contribution in [3.8, 4) is 6.07 Å². The maximum absolute atomic E-state index is 9.59. The molecule has 1 heterocycles. The molecule has 0 aliphatic heterocycles. The minimum Gasteiger partial charge on any atom is -0.245 e. The first kappa shape index (κ1) is 17.6. The van der Waals surface area contributed by atoms with Crippen LogP contribution in [-0.2, 0) is 12.8 Å². The molecule has 2 aromatic rings. The number of aliphatic imine (C=N–C) groups is 1. The lowest BCUT2D eigenvalue weighted by molar-refractivity contribution is 0.218. The molecule has 0 saturated heterocycles. The van der Waals surface area contributed by atoms with Gasteiger partial charge in [0.2, 0.25) is 0 Å². The molecule has 0 bridgehead atoms. The summed E-state index contributed by atoms with van der Waals surface area (Å²) >= 11 is 1.70. The van der Waals surface area contributed by atoms with Gasteiger partial charge in [0, 0.05) is 11.1 Å². The van der Waals surface area contributed by atoms with Crippen LogP contribution in [0.2, 0.25) is 0 Å². The highest BCUT2D eigenvalue weighted by molar-refractivity contribution is 7.16. The van der Waals surface area contributed by atoms with Crippen molar-refractivity contribution in [2.75, 3.05) is 0 Å². The molecule has 0 amide bonds. The zero-order valence-electron chi connectivity index (χ0n) is 15.1. The van der Waals surface area contributed by atoms with Crippen LogP contribution in [0.4, 0.5) is 5.00 Å². The number of fused-ring (bicyclic) bond motifs is 1. The lowest BCUT2D eigenvalue weighted by atomic mass is 9.72. The first-order chi connectivity index (χ1) is 12.0. The molecule has 0 unspecified atom stereocenters. The summed E-state index contributed by atoms with van der Waals surface area (Å²) in [6.45, 7) is 6.94. The van der Waals surface area contributed by atoms with Gasteiger partial charge in [0.05, 0.1) is 5.56 Å². The molecule has 0 spiro atoms. The lowest BCUT2D eigenvalue weighted by Crippen LogP contribution is -2.26. The van der Waals surface area contributed by atoms with Gasteiger partial charge >= 0.3 is 0 Å². The molecule has 0 fully saturated rings. The van der Waals surface area contributed by atoms with E-state index in [1.807, 2.05) is 30.4 Å². The molecular formula is C22H24N2S. The van der Waals surface area contributed by atoms with E-state index in [9.17, 15) is 5.26 Å². The highest BCUT2D eigenvalue weighted by atomic mass is 32.1. The lowest BCUT2D eigenvalue weighted by Gasteiger charge is -2.33. The molecular weight excluding hydrogens is 324 g/mol. The third-order valence-corrected chi connectivity index (χ3v) is 6.11.